The first-order valence-corrected chi connectivity index (χ1v) is 24.4. The van der Waals surface area contributed by atoms with Crippen molar-refractivity contribution in [3.63, 3.8) is 0 Å². The molecule has 0 saturated heterocycles. The highest BCUT2D eigenvalue weighted by Crippen LogP contribution is 2.43. The minimum Gasteiger partial charge on any atom is -0.480 e. The Morgan fingerprint density at radius 1 is 0.721 bits per heavy atom. The summed E-state index contributed by atoms with van der Waals surface area (Å²) < 4.78 is 32.7. The van der Waals surface area contributed by atoms with E-state index in [4.69, 9.17) is 24.8 Å². The van der Waals surface area contributed by atoms with Crippen LogP contribution in [0.1, 0.15) is 162 Å². The summed E-state index contributed by atoms with van der Waals surface area (Å²) >= 11 is 0. The molecule has 1 saturated carbocycles. The summed E-state index contributed by atoms with van der Waals surface area (Å²) in [4.78, 5) is 46.2. The van der Waals surface area contributed by atoms with Gasteiger partial charge in [0.25, 0.3) is 0 Å². The molecular formula is C46H80NO13P. The van der Waals surface area contributed by atoms with Crippen molar-refractivity contribution in [3.8, 4) is 0 Å². The lowest BCUT2D eigenvalue weighted by molar-refractivity contribution is -0.161. The summed E-state index contributed by atoms with van der Waals surface area (Å²) in [5.41, 5.74) is 5.33. The molecule has 0 aromatic rings. The van der Waals surface area contributed by atoms with E-state index in [2.05, 4.69) is 42.7 Å². The van der Waals surface area contributed by atoms with Crippen LogP contribution in [0.4, 0.5) is 0 Å². The van der Waals surface area contributed by atoms with E-state index >= 15 is 0 Å². The monoisotopic (exact) mass is 886 g/mol. The normalized spacial score (nSPS) is 20.8. The molecule has 0 aliphatic heterocycles. The molecule has 0 aromatic heterocycles. The number of aliphatic hydroxyl groups is 3. The molecule has 1 unspecified atom stereocenters. The van der Waals surface area contributed by atoms with E-state index in [1.165, 1.54) is 19.3 Å². The summed E-state index contributed by atoms with van der Waals surface area (Å²) in [7, 11) is -4.79. The van der Waals surface area contributed by atoms with Crippen LogP contribution in [0.3, 0.4) is 0 Å². The lowest BCUT2D eigenvalue weighted by Gasteiger charge is -2.20. The highest BCUT2D eigenvalue weighted by Gasteiger charge is 2.39. The first-order chi connectivity index (χ1) is 29.3. The molecule has 61 heavy (non-hydrogen) atoms. The van der Waals surface area contributed by atoms with E-state index in [-0.39, 0.29) is 31.1 Å². The van der Waals surface area contributed by atoms with Gasteiger partial charge in [-0.25, -0.2) is 4.57 Å². The number of carboxylic acid groups (broad SMARTS) is 1. The van der Waals surface area contributed by atoms with E-state index in [1.807, 2.05) is 18.2 Å². The third kappa shape index (κ3) is 30.1. The van der Waals surface area contributed by atoms with E-state index in [1.54, 1.807) is 6.08 Å². The van der Waals surface area contributed by atoms with Crippen molar-refractivity contribution < 1.29 is 62.8 Å². The summed E-state index contributed by atoms with van der Waals surface area (Å²) in [6.45, 7) is 2.42. The number of carbonyl (C=O) groups is 3. The van der Waals surface area contributed by atoms with Gasteiger partial charge in [0.2, 0.25) is 0 Å². The Hall–Kier alpha value is -2.68. The van der Waals surface area contributed by atoms with Crippen LogP contribution in [-0.4, -0.2) is 93.5 Å². The number of rotatable bonds is 38. The van der Waals surface area contributed by atoms with Crippen LogP contribution in [0.5, 0.6) is 0 Å². The van der Waals surface area contributed by atoms with E-state index in [0.717, 1.165) is 77.0 Å². The highest BCUT2D eigenvalue weighted by molar-refractivity contribution is 7.47. The van der Waals surface area contributed by atoms with Gasteiger partial charge in [-0.15, -0.1) is 0 Å². The van der Waals surface area contributed by atoms with E-state index in [9.17, 15) is 39.2 Å². The van der Waals surface area contributed by atoms with E-state index < -0.39 is 76.0 Å². The summed E-state index contributed by atoms with van der Waals surface area (Å²) in [6.07, 6.45) is 32.7. The average Bonchev–Trinajstić information content (AvgIpc) is 3.49. The molecule has 1 aliphatic rings. The summed E-state index contributed by atoms with van der Waals surface area (Å²) in [6, 6.07) is -1.57. The highest BCUT2D eigenvalue weighted by atomic mass is 31.2. The zero-order valence-corrected chi connectivity index (χ0v) is 38.0. The second kappa shape index (κ2) is 35.7. The number of carboxylic acids is 1. The number of ether oxygens (including phenoxy) is 2. The molecule has 0 heterocycles. The van der Waals surface area contributed by atoms with Gasteiger partial charge in [-0.05, 0) is 70.1 Å². The van der Waals surface area contributed by atoms with Crippen molar-refractivity contribution in [2.75, 3.05) is 19.8 Å². The predicted molar refractivity (Wildman–Crippen MR) is 237 cm³/mol. The molecule has 352 valence electrons. The van der Waals surface area contributed by atoms with Crippen LogP contribution in [0.15, 0.2) is 48.6 Å². The van der Waals surface area contributed by atoms with Gasteiger partial charge in [0.1, 0.15) is 12.6 Å². The quantitative estimate of drug-likeness (QED) is 0.0148. The number of nitrogens with two attached hydrogens (primary N) is 1. The topological polar surface area (TPSA) is 232 Å². The van der Waals surface area contributed by atoms with Gasteiger partial charge >= 0.3 is 25.7 Å². The minimum atomic E-state index is -4.79. The summed E-state index contributed by atoms with van der Waals surface area (Å²) in [5.74, 6) is -3.10. The largest absolute Gasteiger partial charge is 0.480 e. The fraction of sp³-hybridized carbons (Fsp3) is 0.761. The van der Waals surface area contributed by atoms with E-state index in [0.29, 0.717) is 32.1 Å². The minimum absolute atomic E-state index is 0.0187. The molecule has 14 nitrogen and oxygen atoms in total. The fourth-order valence-corrected chi connectivity index (χ4v) is 7.69. The van der Waals surface area contributed by atoms with Crippen LogP contribution in [0, 0.1) is 11.8 Å². The van der Waals surface area contributed by atoms with Gasteiger partial charge in [0, 0.05) is 25.2 Å². The Labute approximate surface area is 365 Å². The molecule has 0 aromatic carbocycles. The molecular weight excluding hydrogens is 805 g/mol. The average molecular weight is 886 g/mol. The van der Waals surface area contributed by atoms with Crippen LogP contribution in [0.2, 0.25) is 0 Å². The van der Waals surface area contributed by atoms with Crippen molar-refractivity contribution in [3.05, 3.63) is 48.6 Å². The van der Waals surface area contributed by atoms with Gasteiger partial charge in [-0.3, -0.25) is 23.4 Å². The molecule has 0 amide bonds. The molecule has 0 bridgehead atoms. The fourth-order valence-electron chi connectivity index (χ4n) is 6.91. The van der Waals surface area contributed by atoms with Gasteiger partial charge in [-0.1, -0.05) is 127 Å². The second-order valence-electron chi connectivity index (χ2n) is 16.1. The van der Waals surface area contributed by atoms with Gasteiger partial charge < -0.3 is 40.5 Å². The molecule has 1 fully saturated rings. The molecule has 1 aliphatic carbocycles. The first-order valence-electron chi connectivity index (χ1n) is 22.9. The maximum atomic E-state index is 12.8. The molecule has 0 radical (unpaired) electrons. The maximum absolute atomic E-state index is 12.8. The molecule has 1 rings (SSSR count). The third-order valence-corrected chi connectivity index (χ3v) is 11.6. The lowest BCUT2D eigenvalue weighted by atomic mass is 9.89. The number of phosphoric acid groups is 1. The van der Waals surface area contributed by atoms with Crippen molar-refractivity contribution in [2.45, 2.75) is 192 Å². The molecule has 15 heteroatoms. The van der Waals surface area contributed by atoms with Crippen LogP contribution >= 0.6 is 7.82 Å². The zero-order valence-electron chi connectivity index (χ0n) is 37.1. The third-order valence-electron chi connectivity index (χ3n) is 10.6. The predicted octanol–water partition coefficient (Wildman–Crippen LogP) is 8.55. The molecule has 0 spiro atoms. The number of aliphatic hydroxyl groups excluding tert-OH is 3. The number of hydrogen-bond acceptors (Lipinski definition) is 12. The molecule has 7 N–H and O–H groups in total. The molecule has 8 atom stereocenters. The Morgan fingerprint density at radius 3 is 1.97 bits per heavy atom. The number of phosphoric ester groups is 1. The number of allylic oxidation sites excluding steroid dienone is 6. The Kier molecular flexibility index (Phi) is 33.0. The Bertz CT molecular complexity index is 1340. The van der Waals surface area contributed by atoms with Gasteiger partial charge in [0.05, 0.1) is 31.5 Å². The van der Waals surface area contributed by atoms with Crippen LogP contribution < -0.4 is 5.73 Å². The Balaban J connectivity index is 2.49. The smallest absolute Gasteiger partial charge is 0.472 e. The number of unbranched alkanes of at least 4 members (excludes halogenated alkanes) is 13. The number of aliphatic carboxylic acids is 1. The van der Waals surface area contributed by atoms with Crippen molar-refractivity contribution in [2.24, 2.45) is 17.6 Å². The first kappa shape index (κ1) is 56.3. The lowest BCUT2D eigenvalue weighted by Crippen LogP contribution is -2.34. The number of carbonyl (C=O) groups excluding carboxylic acids is 2. The summed E-state index contributed by atoms with van der Waals surface area (Å²) in [5, 5.41) is 40.2. The zero-order chi connectivity index (χ0) is 45.1. The maximum Gasteiger partial charge on any atom is 0.472 e. The standard InChI is InChI=1S/C46H80NO13P/c1-3-5-7-8-9-10-11-12-13-14-15-16-17-18-19-20-25-29-44(51)57-34-38(35-58-61(55,56)59-36-41(47)46(53)54)60-45(52)30-26-22-21-24-28-39-40(43(50)33-42(39)49)32-31-37(48)27-23-6-4-2/h9-10,12-13,21,24,31-32,37-43,48-50H,3-8,11,14-20,22-23,25-30,33-36,47H2,1-2H3,(H,53,54)(H,55,56)/b10-9-,13-12-,24-21+,32-31+/t37-,38+,39+,40+,41-,42-,43+/m0/s1. The van der Waals surface area contributed by atoms with Crippen molar-refractivity contribution >= 4 is 25.7 Å². The Morgan fingerprint density at radius 2 is 1.30 bits per heavy atom. The number of esters is 2. The van der Waals surface area contributed by atoms with Gasteiger partial charge in [0.15, 0.2) is 6.10 Å². The van der Waals surface area contributed by atoms with Gasteiger partial charge in [-0.2, -0.15) is 0 Å². The van der Waals surface area contributed by atoms with Crippen molar-refractivity contribution in [1.29, 1.82) is 0 Å². The SMILES string of the molecule is CCCCC/C=C\C/C=C\CCCCCCCCCC(=O)OC[C@H](COP(=O)(O)OC[C@H](N)C(=O)O)OC(=O)CCC/C=C/C[C@@H]1[C@@H](/C=C/[C@@H](O)CCCCC)[C@H](O)C[C@@H]1O. The van der Waals surface area contributed by atoms with Crippen LogP contribution in [-0.2, 0) is 37.5 Å². The number of hydrogen-bond donors (Lipinski definition) is 6. The second-order valence-corrected chi connectivity index (χ2v) is 17.6. The van der Waals surface area contributed by atoms with Crippen molar-refractivity contribution in [1.82, 2.24) is 0 Å². The van der Waals surface area contributed by atoms with Crippen LogP contribution in [0.25, 0.3) is 0 Å².